The van der Waals surface area contributed by atoms with Crippen molar-refractivity contribution in [3.63, 3.8) is 0 Å². The third-order valence-electron chi connectivity index (χ3n) is 5.21. The molecule has 0 spiro atoms. The van der Waals surface area contributed by atoms with Gasteiger partial charge in [0.2, 0.25) is 0 Å². The van der Waals surface area contributed by atoms with Crippen LogP contribution >= 0.6 is 0 Å². The van der Waals surface area contributed by atoms with E-state index in [2.05, 4.69) is 4.98 Å². The Morgan fingerprint density at radius 2 is 2.04 bits per heavy atom. The summed E-state index contributed by atoms with van der Waals surface area (Å²) < 4.78 is 22.5. The van der Waals surface area contributed by atoms with Gasteiger partial charge in [-0.2, -0.15) is 0 Å². The Bertz CT molecular complexity index is 940. The van der Waals surface area contributed by atoms with Gasteiger partial charge in [-0.3, -0.25) is 4.79 Å². The Balaban J connectivity index is 1.73. The number of aliphatic hydroxyl groups is 1. The predicted molar refractivity (Wildman–Crippen MR) is 99.3 cm³/mol. The van der Waals surface area contributed by atoms with E-state index in [1.807, 2.05) is 12.1 Å². The van der Waals surface area contributed by atoms with Gasteiger partial charge < -0.3 is 29.0 Å². The number of nitrogens with one attached hydrogen (secondary N) is 1. The van der Waals surface area contributed by atoms with Crippen LogP contribution in [0.1, 0.15) is 35.9 Å². The highest BCUT2D eigenvalue weighted by atomic mass is 16.6. The zero-order valence-electron chi connectivity index (χ0n) is 15.7. The lowest BCUT2D eigenvalue weighted by Crippen LogP contribution is -2.34. The molecule has 1 aromatic heterocycles. The number of pyridine rings is 1. The van der Waals surface area contributed by atoms with Gasteiger partial charge in [0.05, 0.1) is 25.9 Å². The number of H-pyrrole nitrogens is 1. The quantitative estimate of drug-likeness (QED) is 0.743. The van der Waals surface area contributed by atoms with Crippen LogP contribution in [-0.4, -0.2) is 60.3 Å². The Morgan fingerprint density at radius 1 is 1.29 bits per heavy atom. The lowest BCUT2D eigenvalue weighted by Gasteiger charge is -2.24. The normalized spacial score (nSPS) is 27.7. The third kappa shape index (κ3) is 3.22. The molecule has 1 unspecified atom stereocenters. The van der Waals surface area contributed by atoms with E-state index in [4.69, 9.17) is 18.9 Å². The number of hydrogen-bond donors (Lipinski definition) is 2. The molecule has 2 aliphatic heterocycles. The molecule has 2 aromatic rings. The van der Waals surface area contributed by atoms with Crippen LogP contribution < -0.4 is 5.56 Å². The fourth-order valence-electron chi connectivity index (χ4n) is 3.99. The van der Waals surface area contributed by atoms with Crippen molar-refractivity contribution in [1.29, 1.82) is 0 Å². The molecule has 4 rings (SSSR count). The van der Waals surface area contributed by atoms with Gasteiger partial charge in [0.15, 0.2) is 0 Å². The van der Waals surface area contributed by atoms with Crippen LogP contribution in [-0.2, 0) is 18.9 Å². The Hall–Kier alpha value is -2.26. The Kier molecular flexibility index (Phi) is 5.20. The first kappa shape index (κ1) is 19.1. The minimum Gasteiger partial charge on any atom is -0.462 e. The minimum atomic E-state index is -0.687. The number of para-hydroxylation sites is 1. The van der Waals surface area contributed by atoms with Crippen molar-refractivity contribution in [2.24, 2.45) is 0 Å². The molecule has 8 heteroatoms. The molecule has 2 N–H and O–H groups in total. The summed E-state index contributed by atoms with van der Waals surface area (Å²) in [5.41, 5.74) is 0.505. The first-order valence-electron chi connectivity index (χ1n) is 9.40. The van der Waals surface area contributed by atoms with Gasteiger partial charge in [-0.05, 0) is 19.9 Å². The van der Waals surface area contributed by atoms with E-state index in [0.29, 0.717) is 16.5 Å². The highest BCUT2D eigenvalue weighted by molar-refractivity contribution is 5.97. The van der Waals surface area contributed by atoms with E-state index in [9.17, 15) is 14.7 Å². The van der Waals surface area contributed by atoms with Crippen LogP contribution in [0.15, 0.2) is 29.1 Å². The van der Waals surface area contributed by atoms with Gasteiger partial charge in [-0.1, -0.05) is 18.2 Å². The molecule has 8 nitrogen and oxygen atoms in total. The molecular formula is C20H23NO7. The number of ether oxygens (including phenoxy) is 4. The fraction of sp³-hybridized carbons (Fsp3) is 0.500. The predicted octanol–water partition coefficient (Wildman–Crippen LogP) is 1.31. The van der Waals surface area contributed by atoms with Gasteiger partial charge in [0.25, 0.3) is 5.56 Å². The van der Waals surface area contributed by atoms with Gasteiger partial charge in [-0.25, -0.2) is 4.79 Å². The smallest absolute Gasteiger partial charge is 0.344 e. The van der Waals surface area contributed by atoms with E-state index in [1.165, 1.54) is 0 Å². The highest BCUT2D eigenvalue weighted by Gasteiger charge is 2.48. The zero-order chi connectivity index (χ0) is 19.8. The van der Waals surface area contributed by atoms with E-state index >= 15 is 0 Å². The number of carbonyl (C=O) groups is 1. The maximum atomic E-state index is 12.6. The molecule has 0 bridgehead atoms. The summed E-state index contributed by atoms with van der Waals surface area (Å²) in [5.74, 6) is -0.687. The SMILES string of the molecule is CCOC(=O)c1c(C(C)O[C@H]2CO[C@H]3[C@@H]2OC[C@@H]3O)c2ccccc2[nH]c1=O. The highest BCUT2D eigenvalue weighted by Crippen LogP contribution is 2.34. The first-order chi connectivity index (χ1) is 13.5. The van der Waals surface area contributed by atoms with Crippen molar-refractivity contribution in [1.82, 2.24) is 4.98 Å². The number of hydrogen-bond acceptors (Lipinski definition) is 7. The molecule has 28 heavy (non-hydrogen) atoms. The van der Waals surface area contributed by atoms with Crippen molar-refractivity contribution >= 4 is 16.9 Å². The molecule has 0 amide bonds. The summed E-state index contributed by atoms with van der Waals surface area (Å²) in [5, 5.41) is 10.6. The van der Waals surface area contributed by atoms with Crippen LogP contribution in [0.2, 0.25) is 0 Å². The number of rotatable bonds is 5. The second-order valence-corrected chi connectivity index (χ2v) is 6.99. The topological polar surface area (TPSA) is 107 Å². The van der Waals surface area contributed by atoms with Crippen LogP contribution in [0.3, 0.4) is 0 Å². The van der Waals surface area contributed by atoms with Crippen molar-refractivity contribution in [3.8, 4) is 0 Å². The van der Waals surface area contributed by atoms with Gasteiger partial charge in [0.1, 0.15) is 30.0 Å². The fourth-order valence-corrected chi connectivity index (χ4v) is 3.99. The maximum absolute atomic E-state index is 12.6. The molecule has 1 aromatic carbocycles. The summed E-state index contributed by atoms with van der Waals surface area (Å²) in [4.78, 5) is 27.9. The summed E-state index contributed by atoms with van der Waals surface area (Å²) >= 11 is 0. The standard InChI is InChI=1S/C20H23NO7/c1-3-25-20(24)16-15(11-6-4-5-7-12(11)21-19(16)23)10(2)28-14-9-27-17-13(22)8-26-18(14)17/h4-7,10,13-14,17-18,22H,3,8-9H2,1-2H3,(H,21,23)/t10?,13-,14-,17+,18+/m0/s1. The number of aliphatic hydroxyl groups excluding tert-OH is 1. The van der Waals surface area contributed by atoms with E-state index in [0.717, 1.165) is 0 Å². The Morgan fingerprint density at radius 3 is 2.82 bits per heavy atom. The average Bonchev–Trinajstić information content (AvgIpc) is 3.24. The van der Waals surface area contributed by atoms with Gasteiger partial charge in [-0.15, -0.1) is 0 Å². The number of esters is 1. The third-order valence-corrected chi connectivity index (χ3v) is 5.21. The number of carbonyl (C=O) groups excluding carboxylic acids is 1. The maximum Gasteiger partial charge on any atom is 0.344 e. The van der Waals surface area contributed by atoms with Crippen molar-refractivity contribution in [2.45, 2.75) is 44.4 Å². The van der Waals surface area contributed by atoms with Gasteiger partial charge in [0, 0.05) is 16.5 Å². The molecule has 0 saturated carbocycles. The largest absolute Gasteiger partial charge is 0.462 e. The molecule has 2 aliphatic rings. The molecular weight excluding hydrogens is 366 g/mol. The second kappa shape index (κ2) is 7.63. The van der Waals surface area contributed by atoms with Crippen LogP contribution in [0, 0.1) is 0 Å². The average molecular weight is 389 g/mol. The minimum absolute atomic E-state index is 0.0594. The van der Waals surface area contributed by atoms with Crippen molar-refractivity contribution in [2.75, 3.05) is 19.8 Å². The monoisotopic (exact) mass is 389 g/mol. The molecule has 2 saturated heterocycles. The van der Waals surface area contributed by atoms with Crippen molar-refractivity contribution < 1.29 is 28.8 Å². The van der Waals surface area contributed by atoms with Gasteiger partial charge >= 0.3 is 5.97 Å². The molecule has 5 atom stereocenters. The molecule has 0 radical (unpaired) electrons. The van der Waals surface area contributed by atoms with E-state index < -0.39 is 35.9 Å². The van der Waals surface area contributed by atoms with E-state index in [1.54, 1.807) is 26.0 Å². The number of fused-ring (bicyclic) bond motifs is 2. The van der Waals surface area contributed by atoms with Crippen LogP contribution in [0.25, 0.3) is 10.9 Å². The van der Waals surface area contributed by atoms with E-state index in [-0.39, 0.29) is 31.5 Å². The van der Waals surface area contributed by atoms with Crippen LogP contribution in [0.5, 0.6) is 0 Å². The summed E-state index contributed by atoms with van der Waals surface area (Å²) in [6, 6.07) is 7.23. The van der Waals surface area contributed by atoms with Crippen LogP contribution in [0.4, 0.5) is 0 Å². The Labute approximate surface area is 161 Å². The van der Waals surface area contributed by atoms with Crippen molar-refractivity contribution in [3.05, 3.63) is 45.7 Å². The number of aromatic nitrogens is 1. The zero-order valence-corrected chi connectivity index (χ0v) is 15.7. The number of benzene rings is 1. The number of aromatic amines is 1. The molecule has 150 valence electrons. The molecule has 3 heterocycles. The summed E-state index contributed by atoms with van der Waals surface area (Å²) in [7, 11) is 0. The molecule has 0 aliphatic carbocycles. The summed E-state index contributed by atoms with van der Waals surface area (Å²) in [6.07, 6.45) is -2.48. The second-order valence-electron chi connectivity index (χ2n) is 6.99. The first-order valence-corrected chi connectivity index (χ1v) is 9.40. The summed E-state index contributed by atoms with van der Waals surface area (Å²) in [6.45, 7) is 4.10. The molecule has 2 fully saturated rings. The lowest BCUT2D eigenvalue weighted by atomic mass is 9.98. The lowest BCUT2D eigenvalue weighted by molar-refractivity contribution is -0.0676.